The van der Waals surface area contributed by atoms with Crippen LogP contribution in [-0.4, -0.2) is 17.4 Å². The fourth-order valence-electron chi connectivity index (χ4n) is 1.88. The van der Waals surface area contributed by atoms with Crippen LogP contribution < -0.4 is 5.32 Å². The van der Waals surface area contributed by atoms with Gasteiger partial charge in [0.25, 0.3) is 0 Å². The van der Waals surface area contributed by atoms with E-state index in [1.54, 1.807) is 6.20 Å². The van der Waals surface area contributed by atoms with Gasteiger partial charge in [0.2, 0.25) is 0 Å². The molecule has 0 aromatic carbocycles. The number of halogens is 2. The van der Waals surface area contributed by atoms with Gasteiger partial charge in [-0.15, -0.1) is 11.6 Å². The highest BCUT2D eigenvalue weighted by Crippen LogP contribution is 2.12. The first-order valence-electron chi connectivity index (χ1n) is 6.12. The molecule has 0 fully saturated rings. The Bertz CT molecular complexity index is 314. The summed E-state index contributed by atoms with van der Waals surface area (Å²) in [6.45, 7) is 4.13. The Kier molecular flexibility index (Phi) is 7.82. The van der Waals surface area contributed by atoms with Crippen LogP contribution in [0.1, 0.15) is 31.7 Å². The molecule has 96 valence electrons. The predicted molar refractivity (Wildman–Crippen MR) is 77.4 cm³/mol. The topological polar surface area (TPSA) is 24.9 Å². The van der Waals surface area contributed by atoms with Gasteiger partial charge in [0.1, 0.15) is 0 Å². The van der Waals surface area contributed by atoms with E-state index in [9.17, 15) is 0 Å². The lowest BCUT2D eigenvalue weighted by atomic mass is 10.0. The second kappa shape index (κ2) is 8.90. The smallest absolute Gasteiger partial charge is 0.0410 e. The Morgan fingerprint density at radius 2 is 2.24 bits per heavy atom. The first-order valence-corrected chi connectivity index (χ1v) is 7.45. The molecular formula is C13H20BrClN2. The number of nitrogens with zero attached hydrogens (tertiary/aromatic N) is 1. The largest absolute Gasteiger partial charge is 0.312 e. The maximum absolute atomic E-state index is 5.80. The van der Waals surface area contributed by atoms with Crippen molar-refractivity contribution in [2.75, 3.05) is 12.4 Å². The number of hydrogen-bond donors (Lipinski definition) is 1. The molecule has 17 heavy (non-hydrogen) atoms. The zero-order valence-electron chi connectivity index (χ0n) is 10.3. The molecule has 0 aliphatic rings. The average Bonchev–Trinajstić information content (AvgIpc) is 2.30. The molecule has 4 heteroatoms. The Morgan fingerprint density at radius 1 is 1.41 bits per heavy atom. The Hall–Kier alpha value is -0.120. The molecule has 0 bridgehead atoms. The lowest BCUT2D eigenvalue weighted by Gasteiger charge is -2.15. The van der Waals surface area contributed by atoms with E-state index in [0.717, 1.165) is 29.9 Å². The fraction of sp³-hybridized carbons (Fsp3) is 0.615. The summed E-state index contributed by atoms with van der Waals surface area (Å²) in [5, 5.41) is 3.48. The van der Waals surface area contributed by atoms with Gasteiger partial charge < -0.3 is 5.32 Å². The molecule has 1 heterocycles. The highest BCUT2D eigenvalue weighted by atomic mass is 79.9. The van der Waals surface area contributed by atoms with E-state index in [-0.39, 0.29) is 0 Å². The van der Waals surface area contributed by atoms with E-state index in [1.807, 2.05) is 6.20 Å². The van der Waals surface area contributed by atoms with Crippen molar-refractivity contribution < 1.29 is 0 Å². The maximum Gasteiger partial charge on any atom is 0.0410 e. The highest BCUT2D eigenvalue weighted by molar-refractivity contribution is 9.10. The standard InChI is InChI=1S/C13H20BrClN2/c1-2-3-11(4-5-15)7-16-8-12-6-13(14)10-17-9-12/h6,9-11,16H,2-5,7-8H2,1H3. The van der Waals surface area contributed by atoms with Crippen LogP contribution in [0.25, 0.3) is 0 Å². The summed E-state index contributed by atoms with van der Waals surface area (Å²) in [5.74, 6) is 1.45. The van der Waals surface area contributed by atoms with Crippen LogP contribution in [0, 0.1) is 5.92 Å². The molecule has 0 amide bonds. The second-order valence-corrected chi connectivity index (χ2v) is 5.57. The number of nitrogens with one attached hydrogen (secondary N) is 1. The van der Waals surface area contributed by atoms with Crippen molar-refractivity contribution in [3.63, 3.8) is 0 Å². The highest BCUT2D eigenvalue weighted by Gasteiger charge is 2.06. The normalized spacial score (nSPS) is 12.6. The average molecular weight is 320 g/mol. The zero-order chi connectivity index (χ0) is 12.5. The van der Waals surface area contributed by atoms with Gasteiger partial charge in [0, 0.05) is 29.3 Å². The lowest BCUT2D eigenvalue weighted by Crippen LogP contribution is -2.23. The first-order chi connectivity index (χ1) is 8.26. The van der Waals surface area contributed by atoms with E-state index in [4.69, 9.17) is 11.6 Å². The molecule has 0 aliphatic heterocycles. The Labute approximate surface area is 117 Å². The van der Waals surface area contributed by atoms with E-state index in [1.165, 1.54) is 18.4 Å². The molecule has 0 radical (unpaired) electrons. The lowest BCUT2D eigenvalue weighted by molar-refractivity contribution is 0.430. The summed E-state index contributed by atoms with van der Waals surface area (Å²) in [5.41, 5.74) is 1.21. The molecule has 1 rings (SSSR count). The number of aromatic nitrogens is 1. The third-order valence-corrected chi connectivity index (χ3v) is 3.39. The minimum atomic E-state index is 0.692. The molecule has 1 N–H and O–H groups in total. The second-order valence-electron chi connectivity index (χ2n) is 4.27. The third kappa shape index (κ3) is 6.39. The first kappa shape index (κ1) is 14.9. The van der Waals surface area contributed by atoms with Crippen molar-refractivity contribution in [2.45, 2.75) is 32.7 Å². The molecule has 0 aliphatic carbocycles. The number of pyridine rings is 1. The van der Waals surface area contributed by atoms with Gasteiger partial charge in [-0.25, -0.2) is 0 Å². The van der Waals surface area contributed by atoms with Crippen molar-refractivity contribution in [2.24, 2.45) is 5.92 Å². The van der Waals surface area contributed by atoms with E-state index < -0.39 is 0 Å². The van der Waals surface area contributed by atoms with Gasteiger partial charge in [0.15, 0.2) is 0 Å². The molecule has 0 saturated carbocycles. The van der Waals surface area contributed by atoms with Crippen molar-refractivity contribution in [3.8, 4) is 0 Å². The van der Waals surface area contributed by atoms with Crippen molar-refractivity contribution >= 4 is 27.5 Å². The van der Waals surface area contributed by atoms with Crippen LogP contribution in [0.5, 0.6) is 0 Å². The molecule has 0 spiro atoms. The van der Waals surface area contributed by atoms with Gasteiger partial charge in [-0.3, -0.25) is 4.98 Å². The third-order valence-electron chi connectivity index (χ3n) is 2.74. The van der Waals surface area contributed by atoms with Gasteiger partial charge in [-0.2, -0.15) is 0 Å². The summed E-state index contributed by atoms with van der Waals surface area (Å²) in [4.78, 5) is 4.15. The van der Waals surface area contributed by atoms with E-state index >= 15 is 0 Å². The maximum atomic E-state index is 5.80. The van der Waals surface area contributed by atoms with Crippen molar-refractivity contribution in [1.82, 2.24) is 10.3 Å². The molecular weight excluding hydrogens is 300 g/mol. The van der Waals surface area contributed by atoms with Crippen LogP contribution in [0.2, 0.25) is 0 Å². The van der Waals surface area contributed by atoms with E-state index in [2.05, 4.69) is 39.2 Å². The van der Waals surface area contributed by atoms with Gasteiger partial charge in [-0.1, -0.05) is 13.3 Å². The zero-order valence-corrected chi connectivity index (χ0v) is 12.6. The van der Waals surface area contributed by atoms with Crippen molar-refractivity contribution in [3.05, 3.63) is 28.5 Å². The predicted octanol–water partition coefficient (Wildman–Crippen LogP) is 3.98. The summed E-state index contributed by atoms with van der Waals surface area (Å²) < 4.78 is 1.03. The Morgan fingerprint density at radius 3 is 2.88 bits per heavy atom. The number of rotatable bonds is 8. The fourth-order valence-corrected chi connectivity index (χ4v) is 2.61. The molecule has 0 saturated heterocycles. The van der Waals surface area contributed by atoms with Crippen LogP contribution in [-0.2, 0) is 6.54 Å². The van der Waals surface area contributed by atoms with Crippen LogP contribution in [0.4, 0.5) is 0 Å². The van der Waals surface area contributed by atoms with Gasteiger partial charge >= 0.3 is 0 Å². The quantitative estimate of drug-likeness (QED) is 0.733. The summed E-state index contributed by atoms with van der Waals surface area (Å²) in [6, 6.07) is 2.09. The van der Waals surface area contributed by atoms with Crippen LogP contribution in [0.15, 0.2) is 22.9 Å². The summed E-state index contributed by atoms with van der Waals surface area (Å²) in [7, 11) is 0. The molecule has 2 nitrogen and oxygen atoms in total. The monoisotopic (exact) mass is 318 g/mol. The minimum absolute atomic E-state index is 0.692. The van der Waals surface area contributed by atoms with Crippen LogP contribution in [0.3, 0.4) is 0 Å². The molecule has 1 atom stereocenters. The summed E-state index contributed by atoms with van der Waals surface area (Å²) in [6.07, 6.45) is 7.27. The van der Waals surface area contributed by atoms with Crippen molar-refractivity contribution in [1.29, 1.82) is 0 Å². The molecule has 1 aromatic heterocycles. The van der Waals surface area contributed by atoms with E-state index in [0.29, 0.717) is 5.92 Å². The minimum Gasteiger partial charge on any atom is -0.312 e. The Balaban J connectivity index is 2.30. The summed E-state index contributed by atoms with van der Waals surface area (Å²) >= 11 is 9.23. The van der Waals surface area contributed by atoms with Gasteiger partial charge in [-0.05, 0) is 52.9 Å². The molecule has 1 aromatic rings. The number of hydrogen-bond acceptors (Lipinski definition) is 2. The SMILES string of the molecule is CCCC(CCCl)CNCc1cncc(Br)c1. The van der Waals surface area contributed by atoms with Gasteiger partial charge in [0.05, 0.1) is 0 Å². The number of alkyl halides is 1. The molecule has 1 unspecified atom stereocenters. The van der Waals surface area contributed by atoms with Crippen LogP contribution >= 0.6 is 27.5 Å².